The normalized spacial score (nSPS) is 10.2. The molecule has 0 bridgehead atoms. The van der Waals surface area contributed by atoms with Gasteiger partial charge < -0.3 is 15.4 Å². The van der Waals surface area contributed by atoms with E-state index in [4.69, 9.17) is 22.7 Å². The maximum Gasteiger partial charge on any atom is 0.119 e. The van der Waals surface area contributed by atoms with Gasteiger partial charge in [0.15, 0.2) is 0 Å². The number of anilines is 2. The average Bonchev–Trinajstić information content (AvgIpc) is 2.46. The molecular formula is C15H15BrN2OS. The molecule has 0 unspecified atom stereocenters. The van der Waals surface area contributed by atoms with Crippen molar-refractivity contribution in [3.05, 3.63) is 52.5 Å². The lowest BCUT2D eigenvalue weighted by molar-refractivity contribution is 0.415. The molecule has 0 amide bonds. The predicted molar refractivity (Wildman–Crippen MR) is 91.1 cm³/mol. The molecule has 0 saturated heterocycles. The first kappa shape index (κ1) is 14.8. The number of benzene rings is 2. The Kier molecular flexibility index (Phi) is 4.62. The summed E-state index contributed by atoms with van der Waals surface area (Å²) in [5.41, 5.74) is 8.58. The van der Waals surface area contributed by atoms with Crippen molar-refractivity contribution in [3.63, 3.8) is 0 Å². The molecule has 0 aliphatic heterocycles. The first-order chi connectivity index (χ1) is 9.52. The molecule has 104 valence electrons. The summed E-state index contributed by atoms with van der Waals surface area (Å²) in [5.74, 6) is 0.838. The summed E-state index contributed by atoms with van der Waals surface area (Å²) in [7, 11) is 3.66. The van der Waals surface area contributed by atoms with Gasteiger partial charge in [-0.1, -0.05) is 12.2 Å². The third kappa shape index (κ3) is 3.11. The number of halogens is 1. The van der Waals surface area contributed by atoms with E-state index in [1.54, 1.807) is 7.11 Å². The quantitative estimate of drug-likeness (QED) is 0.849. The second-order valence-electron chi connectivity index (χ2n) is 4.29. The van der Waals surface area contributed by atoms with Crippen molar-refractivity contribution in [2.45, 2.75) is 0 Å². The van der Waals surface area contributed by atoms with Crippen LogP contribution < -0.4 is 15.4 Å². The number of thiocarbonyl (C=S) groups is 1. The van der Waals surface area contributed by atoms with Gasteiger partial charge in [-0.05, 0) is 58.4 Å². The van der Waals surface area contributed by atoms with Crippen LogP contribution in [0, 0.1) is 0 Å². The van der Waals surface area contributed by atoms with Gasteiger partial charge in [-0.2, -0.15) is 0 Å². The molecule has 20 heavy (non-hydrogen) atoms. The minimum Gasteiger partial charge on any atom is -0.497 e. The molecule has 3 nitrogen and oxygen atoms in total. The molecule has 5 heteroatoms. The summed E-state index contributed by atoms with van der Waals surface area (Å²) in [6.45, 7) is 0. The highest BCUT2D eigenvalue weighted by Crippen LogP contribution is 2.32. The predicted octanol–water partition coefficient (Wildman–Crippen LogP) is 3.86. The zero-order chi connectivity index (χ0) is 14.7. The molecule has 0 aliphatic carbocycles. The summed E-state index contributed by atoms with van der Waals surface area (Å²) in [5, 5.41) is 0. The standard InChI is InChI=1S/C15H15BrN2OS/c1-18(11-4-6-12(19-2)7-5-11)14-8-3-10(15(17)20)9-13(14)16/h3-9H,1-2H3,(H2,17,20). The molecule has 2 N–H and O–H groups in total. The number of methoxy groups -OCH3 is 1. The van der Waals surface area contributed by atoms with Gasteiger partial charge in [-0.3, -0.25) is 0 Å². The highest BCUT2D eigenvalue weighted by atomic mass is 79.9. The lowest BCUT2D eigenvalue weighted by atomic mass is 10.2. The van der Waals surface area contributed by atoms with Crippen LogP contribution in [0.15, 0.2) is 46.9 Å². The molecule has 0 aromatic heterocycles. The van der Waals surface area contributed by atoms with Crippen molar-refractivity contribution >= 4 is 44.5 Å². The number of hydrogen-bond acceptors (Lipinski definition) is 3. The first-order valence-electron chi connectivity index (χ1n) is 6.00. The maximum absolute atomic E-state index is 5.63. The lowest BCUT2D eigenvalue weighted by Crippen LogP contribution is -2.12. The molecule has 0 fully saturated rings. The number of hydrogen-bond donors (Lipinski definition) is 1. The van der Waals surface area contributed by atoms with Gasteiger partial charge in [0.1, 0.15) is 10.7 Å². The van der Waals surface area contributed by atoms with E-state index in [1.807, 2.05) is 49.5 Å². The Morgan fingerprint density at radius 1 is 1.20 bits per heavy atom. The van der Waals surface area contributed by atoms with Gasteiger partial charge in [-0.25, -0.2) is 0 Å². The van der Waals surface area contributed by atoms with E-state index in [1.165, 1.54) is 0 Å². The second kappa shape index (κ2) is 6.24. The summed E-state index contributed by atoms with van der Waals surface area (Å²) >= 11 is 8.54. The van der Waals surface area contributed by atoms with Crippen molar-refractivity contribution in [1.82, 2.24) is 0 Å². The van der Waals surface area contributed by atoms with Crippen LogP contribution in [0.25, 0.3) is 0 Å². The second-order valence-corrected chi connectivity index (χ2v) is 5.58. The highest BCUT2D eigenvalue weighted by Gasteiger charge is 2.09. The molecule has 0 atom stereocenters. The Balaban J connectivity index is 2.32. The smallest absolute Gasteiger partial charge is 0.119 e. The van der Waals surface area contributed by atoms with E-state index >= 15 is 0 Å². The summed E-state index contributed by atoms with van der Waals surface area (Å²) in [6.07, 6.45) is 0. The summed E-state index contributed by atoms with van der Waals surface area (Å²) in [4.78, 5) is 2.47. The van der Waals surface area contributed by atoms with E-state index in [2.05, 4.69) is 20.8 Å². The summed E-state index contributed by atoms with van der Waals surface area (Å²) < 4.78 is 6.11. The largest absolute Gasteiger partial charge is 0.497 e. The Labute approximate surface area is 132 Å². The van der Waals surface area contributed by atoms with Gasteiger partial charge in [0, 0.05) is 22.8 Å². The molecule has 2 aromatic carbocycles. The van der Waals surface area contributed by atoms with Crippen LogP contribution in [-0.2, 0) is 0 Å². The number of rotatable bonds is 4. The lowest BCUT2D eigenvalue weighted by Gasteiger charge is -2.21. The van der Waals surface area contributed by atoms with Crippen molar-refractivity contribution in [2.24, 2.45) is 5.73 Å². The van der Waals surface area contributed by atoms with Gasteiger partial charge >= 0.3 is 0 Å². The van der Waals surface area contributed by atoms with Crippen molar-refractivity contribution in [3.8, 4) is 5.75 Å². The van der Waals surface area contributed by atoms with E-state index in [0.29, 0.717) is 4.99 Å². The maximum atomic E-state index is 5.63. The Bertz CT molecular complexity index is 628. The van der Waals surface area contributed by atoms with E-state index < -0.39 is 0 Å². The minimum atomic E-state index is 0.393. The zero-order valence-electron chi connectivity index (χ0n) is 11.3. The Morgan fingerprint density at radius 3 is 2.35 bits per heavy atom. The monoisotopic (exact) mass is 350 g/mol. The molecule has 0 spiro atoms. The van der Waals surface area contributed by atoms with Crippen LogP contribution in [0.1, 0.15) is 5.56 Å². The number of ether oxygens (including phenoxy) is 1. The molecule has 2 rings (SSSR count). The van der Waals surface area contributed by atoms with Crippen LogP contribution in [0.2, 0.25) is 0 Å². The first-order valence-corrected chi connectivity index (χ1v) is 7.20. The van der Waals surface area contributed by atoms with Crippen molar-refractivity contribution in [1.29, 1.82) is 0 Å². The average molecular weight is 351 g/mol. The highest BCUT2D eigenvalue weighted by molar-refractivity contribution is 9.10. The topological polar surface area (TPSA) is 38.5 Å². The van der Waals surface area contributed by atoms with Crippen molar-refractivity contribution < 1.29 is 4.74 Å². The van der Waals surface area contributed by atoms with Crippen LogP contribution in [0.4, 0.5) is 11.4 Å². The SMILES string of the molecule is COc1ccc(N(C)c2ccc(C(N)=S)cc2Br)cc1. The fraction of sp³-hybridized carbons (Fsp3) is 0.133. The van der Waals surface area contributed by atoms with Gasteiger partial charge in [0.2, 0.25) is 0 Å². The minimum absolute atomic E-state index is 0.393. The molecule has 0 radical (unpaired) electrons. The van der Waals surface area contributed by atoms with Crippen LogP contribution in [0.5, 0.6) is 5.75 Å². The molecular weight excluding hydrogens is 336 g/mol. The number of nitrogens with zero attached hydrogens (tertiary/aromatic N) is 1. The van der Waals surface area contributed by atoms with E-state index in [9.17, 15) is 0 Å². The third-order valence-electron chi connectivity index (χ3n) is 3.05. The number of nitrogens with two attached hydrogens (primary N) is 1. The third-order valence-corrected chi connectivity index (χ3v) is 3.92. The van der Waals surface area contributed by atoms with Crippen LogP contribution >= 0.6 is 28.1 Å². The molecule has 2 aromatic rings. The molecule has 0 aliphatic rings. The fourth-order valence-corrected chi connectivity index (χ4v) is 2.65. The Hall–Kier alpha value is -1.59. The van der Waals surface area contributed by atoms with Gasteiger partial charge in [-0.15, -0.1) is 0 Å². The van der Waals surface area contributed by atoms with Gasteiger partial charge in [0.05, 0.1) is 12.8 Å². The van der Waals surface area contributed by atoms with E-state index in [-0.39, 0.29) is 0 Å². The molecule has 0 heterocycles. The van der Waals surface area contributed by atoms with Gasteiger partial charge in [0.25, 0.3) is 0 Å². The van der Waals surface area contributed by atoms with E-state index in [0.717, 1.165) is 27.2 Å². The fourth-order valence-electron chi connectivity index (χ4n) is 1.88. The molecule has 0 saturated carbocycles. The van der Waals surface area contributed by atoms with Crippen molar-refractivity contribution in [2.75, 3.05) is 19.1 Å². The Morgan fingerprint density at radius 2 is 1.85 bits per heavy atom. The summed E-state index contributed by atoms with van der Waals surface area (Å²) in [6, 6.07) is 13.7. The van der Waals surface area contributed by atoms with Crippen LogP contribution in [-0.4, -0.2) is 19.1 Å². The van der Waals surface area contributed by atoms with Crippen LogP contribution in [0.3, 0.4) is 0 Å². The zero-order valence-corrected chi connectivity index (χ0v) is 13.7.